The van der Waals surface area contributed by atoms with Gasteiger partial charge >= 0.3 is 6.09 Å². The first kappa shape index (κ1) is 29.3. The van der Waals surface area contributed by atoms with Crippen molar-refractivity contribution in [2.45, 2.75) is 63.4 Å². The molecule has 1 saturated heterocycles. The zero-order chi connectivity index (χ0) is 27.7. The second kappa shape index (κ2) is 13.6. The quantitative estimate of drug-likeness (QED) is 0.131. The predicted octanol–water partition coefficient (Wildman–Crippen LogP) is 7.56. The minimum atomic E-state index is -0.849. The van der Waals surface area contributed by atoms with Crippen LogP contribution < -0.4 is 0 Å². The molecule has 3 aromatic carbocycles. The van der Waals surface area contributed by atoms with E-state index < -0.39 is 11.2 Å². The maximum atomic E-state index is 13.3. The molecule has 1 heterocycles. The fourth-order valence-electron chi connectivity index (χ4n) is 5.13. The van der Waals surface area contributed by atoms with Crippen molar-refractivity contribution >= 4 is 22.0 Å². The molecule has 0 bridgehead atoms. The summed E-state index contributed by atoms with van der Waals surface area (Å²) in [6, 6.07) is 30.8. The first-order valence-electron chi connectivity index (χ1n) is 13.8. The lowest BCUT2D eigenvalue weighted by molar-refractivity contribution is -0.0251. The van der Waals surface area contributed by atoms with Crippen molar-refractivity contribution in [2.24, 2.45) is 0 Å². The van der Waals surface area contributed by atoms with Crippen molar-refractivity contribution < 1.29 is 19.0 Å². The van der Waals surface area contributed by atoms with E-state index in [4.69, 9.17) is 14.2 Å². The minimum Gasteiger partial charge on any atom is -0.444 e. The maximum Gasteiger partial charge on any atom is 0.410 e. The van der Waals surface area contributed by atoms with Gasteiger partial charge in [0, 0.05) is 11.9 Å². The third-order valence-corrected chi connectivity index (χ3v) is 7.48. The number of likely N-dealkylation sites (tertiary alicyclic amines) is 1. The van der Waals surface area contributed by atoms with Gasteiger partial charge in [0.15, 0.2) is 0 Å². The molecular weight excluding hydrogens is 554 g/mol. The monoisotopic (exact) mass is 593 g/mol. The SMILES string of the molecule is CC(C)(C)OC(=O)N1C[C@@H](OCCCCBr)C[C@H]1COC(c1ccccc1)(c1ccccc1)c1ccccc1. The van der Waals surface area contributed by atoms with E-state index in [9.17, 15) is 4.79 Å². The predicted molar refractivity (Wildman–Crippen MR) is 159 cm³/mol. The molecule has 0 spiro atoms. The van der Waals surface area contributed by atoms with Gasteiger partial charge in [-0.05, 0) is 56.7 Å². The Kier molecular flexibility index (Phi) is 10.2. The summed E-state index contributed by atoms with van der Waals surface area (Å²) in [6.45, 7) is 7.18. The number of carbonyl (C=O) groups is 1. The van der Waals surface area contributed by atoms with Crippen molar-refractivity contribution in [2.75, 3.05) is 25.1 Å². The highest BCUT2D eigenvalue weighted by molar-refractivity contribution is 9.09. The molecular formula is C33H40BrNO4. The van der Waals surface area contributed by atoms with E-state index in [1.807, 2.05) is 75.4 Å². The molecule has 0 unspecified atom stereocenters. The van der Waals surface area contributed by atoms with Crippen LogP contribution >= 0.6 is 15.9 Å². The fraction of sp³-hybridized carbons (Fsp3) is 0.424. The number of hydrogen-bond acceptors (Lipinski definition) is 4. The highest BCUT2D eigenvalue weighted by Crippen LogP contribution is 2.41. The second-order valence-electron chi connectivity index (χ2n) is 11.0. The zero-order valence-electron chi connectivity index (χ0n) is 23.2. The molecule has 0 radical (unpaired) electrons. The van der Waals surface area contributed by atoms with Crippen molar-refractivity contribution in [1.29, 1.82) is 0 Å². The highest BCUT2D eigenvalue weighted by atomic mass is 79.9. The molecule has 1 aliphatic rings. The Morgan fingerprint density at radius 2 is 1.36 bits per heavy atom. The zero-order valence-corrected chi connectivity index (χ0v) is 24.8. The Bertz CT molecular complexity index is 1050. The van der Waals surface area contributed by atoms with E-state index in [2.05, 4.69) is 52.3 Å². The standard InChI is InChI=1S/C33H40BrNO4/c1-32(2,3)39-31(36)35-24-30(37-22-14-13-21-34)23-29(35)25-38-33(26-15-7-4-8-16-26,27-17-9-5-10-18-27)28-19-11-6-12-20-28/h4-12,15-20,29-30H,13-14,21-25H2,1-3H3/t29-,30-/m0/s1. The van der Waals surface area contributed by atoms with Crippen LogP contribution in [0.2, 0.25) is 0 Å². The average molecular weight is 595 g/mol. The molecule has 1 fully saturated rings. The number of ether oxygens (including phenoxy) is 3. The van der Waals surface area contributed by atoms with Gasteiger partial charge in [0.1, 0.15) is 11.2 Å². The number of halogens is 1. The molecule has 208 valence electrons. The minimum absolute atomic E-state index is 0.0546. The van der Waals surface area contributed by atoms with E-state index >= 15 is 0 Å². The number of nitrogens with zero attached hydrogens (tertiary/aromatic N) is 1. The first-order chi connectivity index (χ1) is 18.8. The molecule has 2 atom stereocenters. The van der Waals surface area contributed by atoms with Crippen LogP contribution in [0, 0.1) is 0 Å². The van der Waals surface area contributed by atoms with Gasteiger partial charge in [-0.25, -0.2) is 4.79 Å². The lowest BCUT2D eigenvalue weighted by atomic mass is 9.80. The van der Waals surface area contributed by atoms with E-state index in [-0.39, 0.29) is 18.2 Å². The summed E-state index contributed by atoms with van der Waals surface area (Å²) in [5, 5.41) is 0.960. The number of rotatable bonds is 11. The number of alkyl halides is 1. The summed E-state index contributed by atoms with van der Waals surface area (Å²) in [4.78, 5) is 15.1. The molecule has 0 N–H and O–H groups in total. The molecule has 1 amide bonds. The van der Waals surface area contributed by atoms with Crippen LogP contribution in [0.4, 0.5) is 4.79 Å². The van der Waals surface area contributed by atoms with Gasteiger partial charge in [-0.1, -0.05) is 107 Å². The van der Waals surface area contributed by atoms with Crippen LogP contribution in [-0.2, 0) is 19.8 Å². The van der Waals surface area contributed by atoms with Gasteiger partial charge in [0.25, 0.3) is 0 Å². The van der Waals surface area contributed by atoms with E-state index in [1.54, 1.807) is 4.90 Å². The Hall–Kier alpha value is -2.67. The lowest BCUT2D eigenvalue weighted by Crippen LogP contribution is -2.44. The smallest absolute Gasteiger partial charge is 0.410 e. The summed E-state index contributed by atoms with van der Waals surface area (Å²) < 4.78 is 19.1. The van der Waals surface area contributed by atoms with E-state index in [0.29, 0.717) is 26.2 Å². The van der Waals surface area contributed by atoms with Gasteiger partial charge in [0.2, 0.25) is 0 Å². The number of hydrogen-bond donors (Lipinski definition) is 0. The Morgan fingerprint density at radius 3 is 1.82 bits per heavy atom. The van der Waals surface area contributed by atoms with E-state index in [0.717, 1.165) is 34.9 Å². The molecule has 0 aromatic heterocycles. The largest absolute Gasteiger partial charge is 0.444 e. The van der Waals surface area contributed by atoms with Crippen LogP contribution in [0.25, 0.3) is 0 Å². The van der Waals surface area contributed by atoms with Crippen molar-refractivity contribution in [3.05, 3.63) is 108 Å². The first-order valence-corrected chi connectivity index (χ1v) is 14.9. The molecule has 0 saturated carbocycles. The Balaban J connectivity index is 1.66. The fourth-order valence-corrected chi connectivity index (χ4v) is 5.53. The van der Waals surface area contributed by atoms with Gasteiger partial charge < -0.3 is 19.1 Å². The Morgan fingerprint density at radius 1 is 0.846 bits per heavy atom. The Labute approximate surface area is 241 Å². The van der Waals surface area contributed by atoms with Crippen molar-refractivity contribution in [1.82, 2.24) is 4.90 Å². The van der Waals surface area contributed by atoms with Crippen LogP contribution in [0.5, 0.6) is 0 Å². The van der Waals surface area contributed by atoms with Gasteiger partial charge in [-0.3, -0.25) is 0 Å². The molecule has 4 rings (SSSR count). The molecule has 3 aromatic rings. The van der Waals surface area contributed by atoms with Gasteiger partial charge in [-0.2, -0.15) is 0 Å². The topological polar surface area (TPSA) is 48.0 Å². The molecule has 5 nitrogen and oxygen atoms in total. The third kappa shape index (κ3) is 7.50. The average Bonchev–Trinajstić information content (AvgIpc) is 3.36. The second-order valence-corrected chi connectivity index (χ2v) is 11.8. The maximum absolute atomic E-state index is 13.3. The number of amides is 1. The number of unbranched alkanes of at least 4 members (excludes halogenated alkanes) is 1. The van der Waals surface area contributed by atoms with Gasteiger partial charge in [-0.15, -0.1) is 0 Å². The van der Waals surface area contributed by atoms with Gasteiger partial charge in [0.05, 0.1) is 25.3 Å². The summed E-state index contributed by atoms with van der Waals surface area (Å²) in [5.74, 6) is 0. The van der Waals surface area contributed by atoms with Crippen LogP contribution in [0.1, 0.15) is 56.7 Å². The summed E-state index contributed by atoms with van der Waals surface area (Å²) in [5.41, 5.74) is 1.67. The molecule has 1 aliphatic heterocycles. The van der Waals surface area contributed by atoms with Crippen molar-refractivity contribution in [3.63, 3.8) is 0 Å². The van der Waals surface area contributed by atoms with Crippen LogP contribution in [-0.4, -0.2) is 53.8 Å². The normalized spacial score (nSPS) is 17.8. The van der Waals surface area contributed by atoms with Crippen molar-refractivity contribution in [3.8, 4) is 0 Å². The number of carbonyl (C=O) groups excluding carboxylic acids is 1. The highest BCUT2D eigenvalue weighted by Gasteiger charge is 2.42. The summed E-state index contributed by atoms with van der Waals surface area (Å²) >= 11 is 3.48. The van der Waals surface area contributed by atoms with Crippen LogP contribution in [0.3, 0.4) is 0 Å². The summed E-state index contributed by atoms with van der Waals surface area (Å²) in [7, 11) is 0. The summed E-state index contributed by atoms with van der Waals surface area (Å²) in [6.07, 6.45) is 2.35. The molecule has 0 aliphatic carbocycles. The number of benzene rings is 3. The van der Waals surface area contributed by atoms with E-state index in [1.165, 1.54) is 0 Å². The van der Waals surface area contributed by atoms with Crippen LogP contribution in [0.15, 0.2) is 91.0 Å². The third-order valence-electron chi connectivity index (χ3n) is 6.92. The lowest BCUT2D eigenvalue weighted by Gasteiger charge is -2.38. The molecule has 6 heteroatoms. The molecule has 39 heavy (non-hydrogen) atoms.